The fourth-order valence-electron chi connectivity index (χ4n) is 6.02. The first-order valence-corrected chi connectivity index (χ1v) is 17.2. The number of carbonyl (C=O) groups is 2. The number of nitrogens with one attached hydrogen (secondary N) is 3. The summed E-state index contributed by atoms with van der Waals surface area (Å²) in [5.41, 5.74) is 5.08. The van der Waals surface area contributed by atoms with Crippen LogP contribution in [0, 0.1) is 0 Å². The molecule has 2 atom stereocenters. The van der Waals surface area contributed by atoms with Gasteiger partial charge >= 0.3 is 0 Å². The van der Waals surface area contributed by atoms with Crippen molar-refractivity contribution in [2.45, 2.75) is 49.8 Å². The summed E-state index contributed by atoms with van der Waals surface area (Å²) in [6, 6.07) is 5.91. The van der Waals surface area contributed by atoms with Gasteiger partial charge in [-0.1, -0.05) is 6.07 Å². The summed E-state index contributed by atoms with van der Waals surface area (Å²) in [5, 5.41) is 13.9. The fourth-order valence-corrected chi connectivity index (χ4v) is 7.53. The molecule has 2 heterocycles. The van der Waals surface area contributed by atoms with Gasteiger partial charge in [-0.2, -0.15) is 28.6 Å². The van der Waals surface area contributed by atoms with Gasteiger partial charge in [-0.3, -0.25) is 19.1 Å². The number of benzene rings is 1. The van der Waals surface area contributed by atoms with E-state index in [1.807, 2.05) is 25.4 Å². The summed E-state index contributed by atoms with van der Waals surface area (Å²) in [6.45, 7) is 1.46. The molecule has 1 aliphatic heterocycles. The lowest BCUT2D eigenvalue weighted by atomic mass is 9.95. The molecule has 2 aromatic carbocycles. The first kappa shape index (κ1) is 32.6. The Bertz CT molecular complexity index is 1680. The number of fused-ring (bicyclic) bond motifs is 4. The number of hydrogen-bond donors (Lipinski definition) is 3. The van der Waals surface area contributed by atoms with E-state index in [-0.39, 0.29) is 22.9 Å². The zero-order valence-electron chi connectivity index (χ0n) is 26.4. The number of ether oxygens (including phenoxy) is 3. The lowest BCUT2D eigenvalue weighted by Gasteiger charge is -2.19. The van der Waals surface area contributed by atoms with Gasteiger partial charge in [0.1, 0.15) is 11.9 Å². The molecule has 5 rings (SSSR count). The SMILES string of the molecule is COc1cc2c(c(OC)c1OC)-c1ccc(N[C@@H](CCSC)C(=O)Nc3c4c(nn3C)CSC4)c(=O)cc1[C@@H](NC(C)=O)CC2. The molecule has 3 N–H and O–H groups in total. The molecule has 11 nitrogen and oxygen atoms in total. The van der Waals surface area contributed by atoms with E-state index in [9.17, 15) is 14.4 Å². The van der Waals surface area contributed by atoms with Gasteiger partial charge in [-0.25, -0.2) is 0 Å². The molecular weight excluding hydrogens is 615 g/mol. The van der Waals surface area contributed by atoms with E-state index in [4.69, 9.17) is 14.2 Å². The summed E-state index contributed by atoms with van der Waals surface area (Å²) in [4.78, 5) is 39.9. The minimum atomic E-state index is -0.677. The van der Waals surface area contributed by atoms with Gasteiger partial charge in [0.25, 0.3) is 0 Å². The molecule has 0 bridgehead atoms. The van der Waals surface area contributed by atoms with Crippen molar-refractivity contribution in [3.63, 3.8) is 0 Å². The van der Waals surface area contributed by atoms with Crippen molar-refractivity contribution in [3.05, 3.63) is 56.9 Å². The maximum Gasteiger partial charge on any atom is 0.248 e. The van der Waals surface area contributed by atoms with Crippen LogP contribution < -0.4 is 35.6 Å². The van der Waals surface area contributed by atoms with Crippen LogP contribution in [0.25, 0.3) is 11.1 Å². The van der Waals surface area contributed by atoms with E-state index in [0.29, 0.717) is 53.6 Å². The van der Waals surface area contributed by atoms with E-state index in [0.717, 1.165) is 39.5 Å². The number of thioether (sulfide) groups is 2. The third-order valence-corrected chi connectivity index (χ3v) is 9.74. The monoisotopic (exact) mass is 653 g/mol. The maximum atomic E-state index is 13.9. The Kier molecular flexibility index (Phi) is 10.2. The number of hydrogen-bond acceptors (Lipinski definition) is 10. The van der Waals surface area contributed by atoms with Gasteiger partial charge < -0.3 is 30.2 Å². The molecule has 1 aromatic heterocycles. The van der Waals surface area contributed by atoms with Crippen molar-refractivity contribution in [2.24, 2.45) is 7.05 Å². The van der Waals surface area contributed by atoms with Crippen LogP contribution in [0.3, 0.4) is 0 Å². The first-order valence-electron chi connectivity index (χ1n) is 14.7. The molecule has 240 valence electrons. The topological polar surface area (TPSA) is 133 Å². The standard InChI is InChI=1S/C32H39N5O6S2/c1-17(38)33-22-9-7-18-13-27(41-3)29(42-4)30(43-5)28(18)19-8-10-23(26(39)14-20(19)22)34-24(11-12-44-6)32(40)35-31-21-15-45-16-25(21)36-37(31)2/h8,10,13-14,22,24H,7,9,11-12,15-16H2,1-6H3,(H,33,38)(H,34,39)(H,35,40)/t22-,24-/m0/s1. The Hall–Kier alpha value is -3.84. The summed E-state index contributed by atoms with van der Waals surface area (Å²) in [7, 11) is 6.50. The normalized spacial score (nSPS) is 15.6. The molecule has 0 saturated heterocycles. The van der Waals surface area contributed by atoms with Crippen molar-refractivity contribution >= 4 is 46.8 Å². The van der Waals surface area contributed by atoms with Crippen LogP contribution in [-0.2, 0) is 34.6 Å². The molecule has 45 heavy (non-hydrogen) atoms. The number of methoxy groups -OCH3 is 3. The molecule has 3 aromatic rings. The highest BCUT2D eigenvalue weighted by Gasteiger charge is 2.30. The minimum absolute atomic E-state index is 0.204. The van der Waals surface area contributed by atoms with Crippen LogP contribution in [0.15, 0.2) is 29.1 Å². The predicted octanol–water partition coefficient (Wildman–Crippen LogP) is 4.52. The fraction of sp³-hybridized carbons (Fsp3) is 0.438. The Morgan fingerprint density at radius 2 is 1.91 bits per heavy atom. The highest BCUT2D eigenvalue weighted by atomic mass is 32.2. The second-order valence-corrected chi connectivity index (χ2v) is 12.9. The van der Waals surface area contributed by atoms with Crippen molar-refractivity contribution < 1.29 is 23.8 Å². The van der Waals surface area contributed by atoms with Gasteiger partial charge in [0.05, 0.1) is 38.8 Å². The van der Waals surface area contributed by atoms with Gasteiger partial charge in [0, 0.05) is 36.6 Å². The van der Waals surface area contributed by atoms with Gasteiger partial charge in [-0.05, 0) is 66.2 Å². The molecule has 1 aliphatic carbocycles. The van der Waals surface area contributed by atoms with Crippen molar-refractivity contribution in [1.82, 2.24) is 15.1 Å². The molecule has 0 spiro atoms. The largest absolute Gasteiger partial charge is 0.493 e. The second kappa shape index (κ2) is 14.1. The third-order valence-electron chi connectivity index (χ3n) is 8.13. The minimum Gasteiger partial charge on any atom is -0.493 e. The van der Waals surface area contributed by atoms with E-state index in [2.05, 4.69) is 21.0 Å². The number of amides is 2. The quantitative estimate of drug-likeness (QED) is 0.272. The third kappa shape index (κ3) is 6.60. The van der Waals surface area contributed by atoms with E-state index >= 15 is 0 Å². The van der Waals surface area contributed by atoms with E-state index in [1.165, 1.54) is 6.92 Å². The predicted molar refractivity (Wildman–Crippen MR) is 180 cm³/mol. The summed E-state index contributed by atoms with van der Waals surface area (Å²) < 4.78 is 18.9. The van der Waals surface area contributed by atoms with Crippen LogP contribution in [-0.4, -0.2) is 61.0 Å². The Morgan fingerprint density at radius 3 is 2.60 bits per heavy atom. The number of rotatable bonds is 11. The number of aryl methyl sites for hydroxylation is 2. The average Bonchev–Trinajstić information content (AvgIpc) is 3.50. The van der Waals surface area contributed by atoms with Crippen LogP contribution in [0.5, 0.6) is 17.2 Å². The van der Waals surface area contributed by atoms with E-state index in [1.54, 1.807) is 61.7 Å². The zero-order valence-corrected chi connectivity index (χ0v) is 28.0. The number of anilines is 2. The number of nitrogens with zero attached hydrogens (tertiary/aromatic N) is 2. The Labute approximate surface area is 271 Å². The molecule has 13 heteroatoms. The molecule has 0 fully saturated rings. The number of aromatic nitrogens is 2. The molecule has 0 unspecified atom stereocenters. The van der Waals surface area contributed by atoms with Crippen LogP contribution in [0.4, 0.5) is 11.5 Å². The Morgan fingerprint density at radius 1 is 1.13 bits per heavy atom. The summed E-state index contributed by atoms with van der Waals surface area (Å²) in [5.74, 6) is 4.02. The second-order valence-electron chi connectivity index (χ2n) is 11.0. The molecule has 0 radical (unpaired) electrons. The Balaban J connectivity index is 1.59. The molecular formula is C32H39N5O6S2. The smallest absolute Gasteiger partial charge is 0.248 e. The van der Waals surface area contributed by atoms with Crippen molar-refractivity contribution in [3.8, 4) is 28.4 Å². The number of carbonyl (C=O) groups excluding carboxylic acids is 2. The van der Waals surface area contributed by atoms with E-state index < -0.39 is 12.1 Å². The first-order chi connectivity index (χ1) is 21.7. The summed E-state index contributed by atoms with van der Waals surface area (Å²) in [6.07, 6.45) is 3.63. The lowest BCUT2D eigenvalue weighted by molar-refractivity contribution is -0.120. The highest BCUT2D eigenvalue weighted by Crippen LogP contribution is 2.50. The molecule has 2 aliphatic rings. The maximum absolute atomic E-state index is 13.9. The van der Waals surface area contributed by atoms with Crippen LogP contribution in [0.1, 0.15) is 48.2 Å². The van der Waals surface area contributed by atoms with Crippen LogP contribution >= 0.6 is 23.5 Å². The average molecular weight is 654 g/mol. The van der Waals surface area contributed by atoms with Gasteiger partial charge in [0.15, 0.2) is 11.5 Å². The van der Waals surface area contributed by atoms with Gasteiger partial charge in [-0.15, -0.1) is 0 Å². The van der Waals surface area contributed by atoms with Crippen molar-refractivity contribution in [2.75, 3.05) is 44.0 Å². The molecule has 0 saturated carbocycles. The summed E-state index contributed by atoms with van der Waals surface area (Å²) >= 11 is 3.39. The lowest BCUT2D eigenvalue weighted by Crippen LogP contribution is -2.37. The van der Waals surface area contributed by atoms with Gasteiger partial charge in [0.2, 0.25) is 23.0 Å². The zero-order chi connectivity index (χ0) is 32.2. The highest BCUT2D eigenvalue weighted by molar-refractivity contribution is 7.98. The molecule has 2 amide bonds. The van der Waals surface area contributed by atoms with Crippen molar-refractivity contribution in [1.29, 1.82) is 0 Å². The van der Waals surface area contributed by atoms with Crippen LogP contribution in [0.2, 0.25) is 0 Å².